The summed E-state index contributed by atoms with van der Waals surface area (Å²) in [6.45, 7) is 2.16. The van der Waals surface area contributed by atoms with Gasteiger partial charge in [-0.05, 0) is 43.7 Å². The Bertz CT molecular complexity index is 464. The minimum atomic E-state index is -0.0770. The maximum absolute atomic E-state index is 11.8. The average Bonchev–Trinajstić information content (AvgIpc) is 3.20. The largest absolute Gasteiger partial charge is 0.396 e. The molecule has 1 amide bonds. The van der Waals surface area contributed by atoms with Gasteiger partial charge in [0.15, 0.2) is 0 Å². The van der Waals surface area contributed by atoms with Gasteiger partial charge in [0.1, 0.15) is 0 Å². The van der Waals surface area contributed by atoms with Crippen molar-refractivity contribution in [2.24, 2.45) is 5.92 Å². The Hall–Kier alpha value is -1.61. The first kappa shape index (κ1) is 13.8. The molecule has 1 fully saturated rings. The van der Waals surface area contributed by atoms with Crippen LogP contribution >= 0.6 is 0 Å². The van der Waals surface area contributed by atoms with Gasteiger partial charge >= 0.3 is 0 Å². The molecular formula is C16H21NO2. The SMILES string of the molecule is Cc1cccc(/C=C/C(=O)NC(CCO)C2CC2)c1. The summed E-state index contributed by atoms with van der Waals surface area (Å²) in [6, 6.07) is 8.14. The Balaban J connectivity index is 1.89. The lowest BCUT2D eigenvalue weighted by Crippen LogP contribution is -2.36. The second-order valence-electron chi connectivity index (χ2n) is 5.21. The topological polar surface area (TPSA) is 49.3 Å². The Morgan fingerprint density at radius 2 is 2.32 bits per heavy atom. The zero-order valence-corrected chi connectivity index (χ0v) is 11.3. The van der Waals surface area contributed by atoms with Crippen molar-refractivity contribution < 1.29 is 9.90 Å². The second-order valence-corrected chi connectivity index (χ2v) is 5.21. The summed E-state index contributed by atoms with van der Waals surface area (Å²) in [6.07, 6.45) is 6.36. The fourth-order valence-electron chi connectivity index (χ4n) is 2.24. The van der Waals surface area contributed by atoms with Crippen molar-refractivity contribution in [2.75, 3.05) is 6.61 Å². The number of rotatable bonds is 6. The van der Waals surface area contributed by atoms with E-state index in [9.17, 15) is 4.79 Å². The Morgan fingerprint density at radius 1 is 1.53 bits per heavy atom. The van der Waals surface area contributed by atoms with Crippen LogP contribution in [0.25, 0.3) is 6.08 Å². The van der Waals surface area contributed by atoms with Crippen molar-refractivity contribution in [2.45, 2.75) is 32.2 Å². The molecule has 1 unspecified atom stereocenters. The molecule has 3 nitrogen and oxygen atoms in total. The normalized spacial score (nSPS) is 16.5. The molecule has 0 bridgehead atoms. The number of aliphatic hydroxyl groups excluding tert-OH is 1. The first-order valence-electron chi connectivity index (χ1n) is 6.85. The van der Waals surface area contributed by atoms with E-state index in [0.717, 1.165) is 18.4 Å². The predicted octanol–water partition coefficient (Wildman–Crippen LogP) is 2.29. The van der Waals surface area contributed by atoms with Crippen LogP contribution in [0.15, 0.2) is 30.3 Å². The lowest BCUT2D eigenvalue weighted by Gasteiger charge is -2.15. The second kappa shape index (κ2) is 6.53. The van der Waals surface area contributed by atoms with Gasteiger partial charge < -0.3 is 10.4 Å². The number of amides is 1. The number of aryl methyl sites for hydroxylation is 1. The quantitative estimate of drug-likeness (QED) is 0.770. The third-order valence-corrected chi connectivity index (χ3v) is 3.43. The molecule has 0 saturated heterocycles. The molecule has 1 saturated carbocycles. The number of benzene rings is 1. The summed E-state index contributed by atoms with van der Waals surface area (Å²) in [5, 5.41) is 12.0. The molecule has 1 aliphatic rings. The molecule has 102 valence electrons. The number of carbonyl (C=O) groups excluding carboxylic acids is 1. The molecular weight excluding hydrogens is 238 g/mol. The van der Waals surface area contributed by atoms with Gasteiger partial charge in [-0.2, -0.15) is 0 Å². The molecule has 2 N–H and O–H groups in total. The van der Waals surface area contributed by atoms with Crippen LogP contribution < -0.4 is 5.32 Å². The van der Waals surface area contributed by atoms with E-state index in [4.69, 9.17) is 5.11 Å². The Morgan fingerprint density at radius 3 is 2.95 bits per heavy atom. The summed E-state index contributed by atoms with van der Waals surface area (Å²) >= 11 is 0. The van der Waals surface area contributed by atoms with Gasteiger partial charge in [0, 0.05) is 18.7 Å². The molecule has 2 rings (SSSR count). The van der Waals surface area contributed by atoms with Gasteiger partial charge in [-0.15, -0.1) is 0 Å². The molecule has 1 aromatic carbocycles. The van der Waals surface area contributed by atoms with Gasteiger partial charge in [-0.25, -0.2) is 0 Å². The lowest BCUT2D eigenvalue weighted by molar-refractivity contribution is -0.117. The van der Waals surface area contributed by atoms with Gasteiger partial charge in [0.2, 0.25) is 5.91 Å². The molecule has 1 aromatic rings. The third kappa shape index (κ3) is 4.52. The Kier molecular flexibility index (Phi) is 4.74. The fourth-order valence-corrected chi connectivity index (χ4v) is 2.24. The van der Waals surface area contributed by atoms with E-state index in [1.165, 1.54) is 5.56 Å². The van der Waals surface area contributed by atoms with Crippen LogP contribution in [0.4, 0.5) is 0 Å². The minimum Gasteiger partial charge on any atom is -0.396 e. The number of hydrogen-bond acceptors (Lipinski definition) is 2. The van der Waals surface area contributed by atoms with E-state index in [1.54, 1.807) is 6.08 Å². The number of aliphatic hydroxyl groups is 1. The first-order valence-corrected chi connectivity index (χ1v) is 6.85. The first-order chi connectivity index (χ1) is 9.19. The molecule has 1 aliphatic carbocycles. The average molecular weight is 259 g/mol. The minimum absolute atomic E-state index is 0.0770. The van der Waals surface area contributed by atoms with Crippen LogP contribution in [0.5, 0.6) is 0 Å². The van der Waals surface area contributed by atoms with Crippen LogP contribution in [0.2, 0.25) is 0 Å². The van der Waals surface area contributed by atoms with E-state index in [1.807, 2.05) is 37.3 Å². The molecule has 0 aliphatic heterocycles. The van der Waals surface area contributed by atoms with E-state index in [0.29, 0.717) is 12.3 Å². The van der Waals surface area contributed by atoms with Crippen LogP contribution in [0, 0.1) is 12.8 Å². The molecule has 0 aromatic heterocycles. The van der Waals surface area contributed by atoms with Crippen molar-refractivity contribution in [3.8, 4) is 0 Å². The van der Waals surface area contributed by atoms with E-state index in [2.05, 4.69) is 5.32 Å². The smallest absolute Gasteiger partial charge is 0.244 e. The monoisotopic (exact) mass is 259 g/mol. The van der Waals surface area contributed by atoms with E-state index in [-0.39, 0.29) is 18.6 Å². The molecule has 19 heavy (non-hydrogen) atoms. The van der Waals surface area contributed by atoms with Crippen molar-refractivity contribution in [3.05, 3.63) is 41.5 Å². The van der Waals surface area contributed by atoms with Gasteiger partial charge in [-0.3, -0.25) is 4.79 Å². The summed E-state index contributed by atoms with van der Waals surface area (Å²) in [4.78, 5) is 11.8. The van der Waals surface area contributed by atoms with Crippen LogP contribution in [-0.4, -0.2) is 23.7 Å². The standard InChI is InChI=1S/C16H21NO2/c1-12-3-2-4-13(11-12)5-8-16(19)17-15(9-10-18)14-6-7-14/h2-5,8,11,14-15,18H,6-7,9-10H2,1H3,(H,17,19)/b8-5+. The van der Waals surface area contributed by atoms with Gasteiger partial charge in [0.25, 0.3) is 0 Å². The molecule has 3 heteroatoms. The number of hydrogen-bond donors (Lipinski definition) is 2. The zero-order valence-electron chi connectivity index (χ0n) is 11.3. The maximum Gasteiger partial charge on any atom is 0.244 e. The lowest BCUT2D eigenvalue weighted by atomic mass is 10.1. The fraction of sp³-hybridized carbons (Fsp3) is 0.438. The molecule has 0 heterocycles. The highest BCUT2D eigenvalue weighted by molar-refractivity contribution is 5.91. The highest BCUT2D eigenvalue weighted by Crippen LogP contribution is 2.33. The summed E-state index contributed by atoms with van der Waals surface area (Å²) in [5.74, 6) is 0.482. The van der Waals surface area contributed by atoms with Crippen LogP contribution in [0.3, 0.4) is 0 Å². The molecule has 0 spiro atoms. The van der Waals surface area contributed by atoms with Crippen molar-refractivity contribution in [3.63, 3.8) is 0 Å². The number of carbonyl (C=O) groups is 1. The molecule has 1 atom stereocenters. The molecule has 0 radical (unpaired) electrons. The summed E-state index contributed by atoms with van der Waals surface area (Å²) in [5.41, 5.74) is 2.21. The van der Waals surface area contributed by atoms with Crippen LogP contribution in [-0.2, 0) is 4.79 Å². The highest BCUT2D eigenvalue weighted by atomic mass is 16.3. The van der Waals surface area contributed by atoms with E-state index >= 15 is 0 Å². The summed E-state index contributed by atoms with van der Waals surface area (Å²) in [7, 11) is 0. The highest BCUT2D eigenvalue weighted by Gasteiger charge is 2.31. The van der Waals surface area contributed by atoms with Crippen LogP contribution in [0.1, 0.15) is 30.4 Å². The Labute approximate surface area is 114 Å². The number of nitrogens with one attached hydrogen (secondary N) is 1. The maximum atomic E-state index is 11.8. The summed E-state index contributed by atoms with van der Waals surface area (Å²) < 4.78 is 0. The van der Waals surface area contributed by atoms with E-state index < -0.39 is 0 Å². The van der Waals surface area contributed by atoms with Crippen molar-refractivity contribution >= 4 is 12.0 Å². The van der Waals surface area contributed by atoms with Crippen molar-refractivity contribution in [1.29, 1.82) is 0 Å². The van der Waals surface area contributed by atoms with Gasteiger partial charge in [0.05, 0.1) is 0 Å². The van der Waals surface area contributed by atoms with Gasteiger partial charge in [-0.1, -0.05) is 29.8 Å². The third-order valence-electron chi connectivity index (χ3n) is 3.43. The zero-order chi connectivity index (χ0) is 13.7. The predicted molar refractivity (Wildman–Crippen MR) is 76.6 cm³/mol. The van der Waals surface area contributed by atoms with Crippen molar-refractivity contribution in [1.82, 2.24) is 5.32 Å².